The van der Waals surface area contributed by atoms with Crippen LogP contribution in [0.15, 0.2) is 0 Å². The number of nitrogens with zero attached hydrogens (tertiary/aromatic N) is 2. The van der Waals surface area contributed by atoms with Crippen LogP contribution in [-0.4, -0.2) is 55.0 Å². The third kappa shape index (κ3) is 5.06. The molecule has 0 spiro atoms. The summed E-state index contributed by atoms with van der Waals surface area (Å²) in [5.74, 6) is 1.04. The number of rotatable bonds is 4. The number of amides is 1. The Kier molecular flexibility index (Phi) is 6.80. The lowest BCUT2D eigenvalue weighted by Crippen LogP contribution is -2.37. The van der Waals surface area contributed by atoms with Gasteiger partial charge in [0.25, 0.3) is 0 Å². The first-order chi connectivity index (χ1) is 9.79. The molecule has 2 fully saturated rings. The molecule has 4 nitrogen and oxygen atoms in total. The third-order valence-electron chi connectivity index (χ3n) is 4.82. The van der Waals surface area contributed by atoms with Crippen LogP contribution in [0.5, 0.6) is 0 Å². The second-order valence-electron chi connectivity index (χ2n) is 6.43. The van der Waals surface area contributed by atoms with Crippen molar-refractivity contribution in [2.45, 2.75) is 51.4 Å². The molecule has 1 aliphatic heterocycles. The van der Waals surface area contributed by atoms with Gasteiger partial charge >= 0.3 is 0 Å². The quantitative estimate of drug-likeness (QED) is 0.800. The van der Waals surface area contributed by atoms with Gasteiger partial charge in [0.05, 0.1) is 0 Å². The van der Waals surface area contributed by atoms with E-state index < -0.39 is 0 Å². The smallest absolute Gasteiger partial charge is 0.222 e. The van der Waals surface area contributed by atoms with Crippen LogP contribution in [-0.2, 0) is 4.79 Å². The zero-order valence-electron chi connectivity index (χ0n) is 12.9. The molecule has 1 amide bonds. The molecule has 0 aromatic rings. The van der Waals surface area contributed by atoms with Gasteiger partial charge in [-0.15, -0.1) is 0 Å². The molecule has 1 saturated carbocycles. The first kappa shape index (κ1) is 15.8. The van der Waals surface area contributed by atoms with Crippen LogP contribution in [0.2, 0.25) is 0 Å². The summed E-state index contributed by atoms with van der Waals surface area (Å²) in [6.07, 6.45) is 9.78. The van der Waals surface area contributed by atoms with Gasteiger partial charge in [-0.05, 0) is 31.7 Å². The molecule has 0 unspecified atom stereocenters. The van der Waals surface area contributed by atoms with E-state index in [1.807, 2.05) is 0 Å². The van der Waals surface area contributed by atoms with E-state index >= 15 is 0 Å². The van der Waals surface area contributed by atoms with E-state index in [1.165, 1.54) is 38.5 Å². The Hall–Kier alpha value is -0.610. The van der Waals surface area contributed by atoms with Gasteiger partial charge in [0.15, 0.2) is 0 Å². The van der Waals surface area contributed by atoms with E-state index in [0.29, 0.717) is 11.8 Å². The van der Waals surface area contributed by atoms with Gasteiger partial charge in [-0.2, -0.15) is 0 Å². The lowest BCUT2D eigenvalue weighted by molar-refractivity contribution is -0.132. The average Bonchev–Trinajstić information content (AvgIpc) is 2.82. The normalized spacial score (nSPS) is 23.4. The highest BCUT2D eigenvalue weighted by atomic mass is 16.2. The van der Waals surface area contributed by atoms with Crippen molar-refractivity contribution in [2.75, 3.05) is 39.3 Å². The minimum absolute atomic E-state index is 0.395. The molecule has 0 radical (unpaired) electrons. The SMILES string of the molecule is NCCN1CCCN(C(=O)CC2CCCCCC2)CC1. The Labute approximate surface area is 123 Å². The van der Waals surface area contributed by atoms with Gasteiger partial charge < -0.3 is 15.5 Å². The fourth-order valence-corrected chi connectivity index (χ4v) is 3.57. The van der Waals surface area contributed by atoms with Crippen LogP contribution >= 0.6 is 0 Å². The fraction of sp³-hybridized carbons (Fsp3) is 0.938. The number of carbonyl (C=O) groups excluding carboxylic acids is 1. The zero-order valence-corrected chi connectivity index (χ0v) is 12.9. The van der Waals surface area contributed by atoms with Gasteiger partial charge in [0, 0.05) is 39.1 Å². The maximum atomic E-state index is 12.5. The summed E-state index contributed by atoms with van der Waals surface area (Å²) in [6, 6.07) is 0. The van der Waals surface area contributed by atoms with Crippen molar-refractivity contribution in [2.24, 2.45) is 11.7 Å². The van der Waals surface area contributed by atoms with Crippen LogP contribution in [0.4, 0.5) is 0 Å². The van der Waals surface area contributed by atoms with Crippen molar-refractivity contribution in [3.8, 4) is 0 Å². The summed E-state index contributed by atoms with van der Waals surface area (Å²) in [4.78, 5) is 17.0. The van der Waals surface area contributed by atoms with Gasteiger partial charge in [0.1, 0.15) is 0 Å². The molecule has 116 valence electrons. The summed E-state index contributed by atoms with van der Waals surface area (Å²) in [6.45, 7) is 5.59. The maximum Gasteiger partial charge on any atom is 0.222 e. The number of hydrogen-bond acceptors (Lipinski definition) is 3. The minimum Gasteiger partial charge on any atom is -0.341 e. The molecule has 2 rings (SSSR count). The van der Waals surface area contributed by atoms with Crippen LogP contribution in [0.3, 0.4) is 0 Å². The second kappa shape index (κ2) is 8.63. The van der Waals surface area contributed by atoms with Crippen molar-refractivity contribution in [1.29, 1.82) is 0 Å². The first-order valence-corrected chi connectivity index (χ1v) is 8.50. The Morgan fingerprint density at radius 3 is 2.40 bits per heavy atom. The van der Waals surface area contributed by atoms with Crippen LogP contribution < -0.4 is 5.73 Å². The predicted molar refractivity (Wildman–Crippen MR) is 82.5 cm³/mol. The standard InChI is InChI=1S/C16H31N3O/c17-8-11-18-9-5-10-19(13-12-18)16(20)14-15-6-3-1-2-4-7-15/h15H,1-14,17H2. The van der Waals surface area contributed by atoms with Gasteiger partial charge in [0.2, 0.25) is 5.91 Å². The Morgan fingerprint density at radius 2 is 1.70 bits per heavy atom. The van der Waals surface area contributed by atoms with Gasteiger partial charge in [-0.25, -0.2) is 0 Å². The van der Waals surface area contributed by atoms with E-state index in [-0.39, 0.29) is 0 Å². The maximum absolute atomic E-state index is 12.5. The number of hydrogen-bond donors (Lipinski definition) is 1. The highest BCUT2D eigenvalue weighted by molar-refractivity contribution is 5.76. The highest BCUT2D eigenvalue weighted by Crippen LogP contribution is 2.26. The van der Waals surface area contributed by atoms with E-state index in [1.54, 1.807) is 0 Å². The van der Waals surface area contributed by atoms with E-state index in [9.17, 15) is 4.79 Å². The molecule has 0 aromatic heterocycles. The first-order valence-electron chi connectivity index (χ1n) is 8.50. The van der Waals surface area contributed by atoms with Crippen LogP contribution in [0, 0.1) is 5.92 Å². The van der Waals surface area contributed by atoms with E-state index in [0.717, 1.165) is 52.1 Å². The number of nitrogens with two attached hydrogens (primary N) is 1. The van der Waals surface area contributed by atoms with Crippen molar-refractivity contribution in [1.82, 2.24) is 9.80 Å². The molecule has 4 heteroatoms. The summed E-state index contributed by atoms with van der Waals surface area (Å²) in [7, 11) is 0. The monoisotopic (exact) mass is 281 g/mol. The highest BCUT2D eigenvalue weighted by Gasteiger charge is 2.22. The zero-order chi connectivity index (χ0) is 14.2. The predicted octanol–water partition coefficient (Wildman–Crippen LogP) is 1.84. The molecule has 1 saturated heterocycles. The van der Waals surface area contributed by atoms with E-state index in [2.05, 4.69) is 9.80 Å². The summed E-state index contributed by atoms with van der Waals surface area (Å²) in [5.41, 5.74) is 5.62. The fourth-order valence-electron chi connectivity index (χ4n) is 3.57. The Bertz CT molecular complexity index is 287. The third-order valence-corrected chi connectivity index (χ3v) is 4.82. The lowest BCUT2D eigenvalue weighted by Gasteiger charge is -2.24. The second-order valence-corrected chi connectivity index (χ2v) is 6.43. The molecule has 1 aliphatic carbocycles. The van der Waals surface area contributed by atoms with Gasteiger partial charge in [-0.3, -0.25) is 4.79 Å². The Morgan fingerprint density at radius 1 is 0.950 bits per heavy atom. The average molecular weight is 281 g/mol. The molecule has 0 bridgehead atoms. The summed E-state index contributed by atoms with van der Waals surface area (Å²) >= 11 is 0. The molecular weight excluding hydrogens is 250 g/mol. The molecule has 0 atom stereocenters. The van der Waals surface area contributed by atoms with E-state index in [4.69, 9.17) is 5.73 Å². The van der Waals surface area contributed by atoms with Crippen molar-refractivity contribution >= 4 is 5.91 Å². The lowest BCUT2D eigenvalue weighted by atomic mass is 9.96. The molecule has 1 heterocycles. The Balaban J connectivity index is 1.76. The van der Waals surface area contributed by atoms with Gasteiger partial charge in [-0.1, -0.05) is 25.7 Å². The summed E-state index contributed by atoms with van der Waals surface area (Å²) in [5, 5.41) is 0. The van der Waals surface area contributed by atoms with Crippen molar-refractivity contribution < 1.29 is 4.79 Å². The molecule has 0 aromatic carbocycles. The molecule has 2 N–H and O–H groups in total. The molecule has 2 aliphatic rings. The molecular formula is C16H31N3O. The number of carbonyl (C=O) groups is 1. The van der Waals surface area contributed by atoms with Crippen LogP contribution in [0.25, 0.3) is 0 Å². The summed E-state index contributed by atoms with van der Waals surface area (Å²) < 4.78 is 0. The molecule has 20 heavy (non-hydrogen) atoms. The largest absolute Gasteiger partial charge is 0.341 e. The van der Waals surface area contributed by atoms with Crippen LogP contribution in [0.1, 0.15) is 51.4 Å². The van der Waals surface area contributed by atoms with Crippen molar-refractivity contribution in [3.63, 3.8) is 0 Å². The minimum atomic E-state index is 0.395. The van der Waals surface area contributed by atoms with Crippen molar-refractivity contribution in [3.05, 3.63) is 0 Å². The topological polar surface area (TPSA) is 49.6 Å².